The minimum Gasteiger partial charge on any atom is -0.309 e. The Bertz CT molecular complexity index is 656. The highest BCUT2D eigenvalue weighted by Crippen LogP contribution is 2.60. The van der Waals surface area contributed by atoms with Gasteiger partial charge < -0.3 is 9.05 Å². The average Bonchev–Trinajstić information content (AvgIpc) is 2.50. The van der Waals surface area contributed by atoms with Gasteiger partial charge in [-0.3, -0.25) is 9.36 Å². The lowest BCUT2D eigenvalue weighted by atomic mass is 9.79. The highest BCUT2D eigenvalue weighted by molar-refractivity contribution is 7.56. The van der Waals surface area contributed by atoms with Crippen molar-refractivity contribution >= 4 is 13.4 Å². The minimum atomic E-state index is -4.23. The van der Waals surface area contributed by atoms with Crippen LogP contribution in [0.25, 0.3) is 0 Å². The van der Waals surface area contributed by atoms with Gasteiger partial charge in [0.2, 0.25) is 5.78 Å². The maximum atomic E-state index is 15.2. The largest absolute Gasteiger partial charge is 0.374 e. The predicted octanol–water partition coefficient (Wildman–Crippen LogP) is 5.64. The fourth-order valence-corrected chi connectivity index (χ4v) is 3.64. The molecule has 0 aliphatic carbocycles. The van der Waals surface area contributed by atoms with E-state index in [1.54, 1.807) is 12.1 Å². The number of hydrogen-bond acceptors (Lipinski definition) is 4. The van der Waals surface area contributed by atoms with Crippen LogP contribution in [0.15, 0.2) is 18.2 Å². The summed E-state index contributed by atoms with van der Waals surface area (Å²) in [5.41, 5.74) is 1.52. The van der Waals surface area contributed by atoms with Crippen molar-refractivity contribution in [2.24, 2.45) is 0 Å². The second-order valence-electron chi connectivity index (χ2n) is 8.44. The van der Waals surface area contributed by atoms with E-state index in [-0.39, 0.29) is 16.4 Å². The van der Waals surface area contributed by atoms with Crippen LogP contribution in [0.5, 0.6) is 0 Å². The van der Waals surface area contributed by atoms with Crippen LogP contribution < -0.4 is 0 Å². The van der Waals surface area contributed by atoms with Crippen LogP contribution >= 0.6 is 7.60 Å². The van der Waals surface area contributed by atoms with Gasteiger partial charge in [0.05, 0.1) is 0 Å². The Balaban J connectivity index is 3.61. The van der Waals surface area contributed by atoms with E-state index >= 15 is 4.39 Å². The standard InChI is InChI=1S/C19H30FO4P/c1-17(2,3)14-10-13(11-15(12-14)18(4,5)6)16(21)19(7,20)25(22,23-8)24-9/h10-12H,1-9H3. The lowest BCUT2D eigenvalue weighted by molar-refractivity contribution is 0.0791. The third kappa shape index (κ3) is 4.39. The van der Waals surface area contributed by atoms with Crippen molar-refractivity contribution in [2.75, 3.05) is 14.2 Å². The maximum Gasteiger partial charge on any atom is 0.374 e. The molecule has 1 aromatic carbocycles. The van der Waals surface area contributed by atoms with Crippen LogP contribution in [0.2, 0.25) is 0 Å². The van der Waals surface area contributed by atoms with Crippen molar-refractivity contribution in [3.63, 3.8) is 0 Å². The molecule has 0 radical (unpaired) electrons. The van der Waals surface area contributed by atoms with Crippen molar-refractivity contribution in [1.29, 1.82) is 0 Å². The summed E-state index contributed by atoms with van der Waals surface area (Å²) >= 11 is 0. The smallest absolute Gasteiger partial charge is 0.309 e. The van der Waals surface area contributed by atoms with Crippen LogP contribution in [0.4, 0.5) is 4.39 Å². The van der Waals surface area contributed by atoms with Crippen LogP contribution in [0.3, 0.4) is 0 Å². The molecule has 142 valence electrons. The molecule has 1 unspecified atom stereocenters. The predicted molar refractivity (Wildman–Crippen MR) is 99.3 cm³/mol. The third-order valence-corrected chi connectivity index (χ3v) is 6.53. The molecule has 1 rings (SSSR count). The molecule has 0 amide bonds. The van der Waals surface area contributed by atoms with Crippen LogP contribution in [0, 0.1) is 0 Å². The molecular formula is C19H30FO4P. The van der Waals surface area contributed by atoms with Gasteiger partial charge in [0.1, 0.15) is 0 Å². The maximum absolute atomic E-state index is 15.2. The summed E-state index contributed by atoms with van der Waals surface area (Å²) in [7, 11) is -2.09. The average molecular weight is 372 g/mol. The normalized spacial score (nSPS) is 15.8. The zero-order valence-electron chi connectivity index (χ0n) is 16.7. The second-order valence-corrected chi connectivity index (χ2v) is 11.0. The van der Waals surface area contributed by atoms with Gasteiger partial charge in [-0.2, -0.15) is 0 Å². The zero-order chi connectivity index (χ0) is 19.8. The molecule has 1 aromatic rings. The number of alkyl halides is 1. The number of ketones is 1. The highest BCUT2D eigenvalue weighted by atomic mass is 31.2. The first-order valence-corrected chi connectivity index (χ1v) is 9.76. The summed E-state index contributed by atoms with van der Waals surface area (Å²) in [5, 5.41) is -2.78. The molecule has 0 spiro atoms. The van der Waals surface area contributed by atoms with Crippen LogP contribution in [-0.2, 0) is 24.4 Å². The van der Waals surface area contributed by atoms with Gasteiger partial charge in [0.25, 0.3) is 5.41 Å². The van der Waals surface area contributed by atoms with E-state index < -0.39 is 18.8 Å². The summed E-state index contributed by atoms with van der Waals surface area (Å²) in [6.07, 6.45) is 0. The van der Waals surface area contributed by atoms with Crippen molar-refractivity contribution in [2.45, 2.75) is 64.7 Å². The molecule has 0 aliphatic heterocycles. The van der Waals surface area contributed by atoms with Gasteiger partial charge in [0, 0.05) is 19.8 Å². The number of benzene rings is 1. The molecule has 0 saturated carbocycles. The van der Waals surface area contributed by atoms with E-state index in [0.29, 0.717) is 0 Å². The van der Waals surface area contributed by atoms with Crippen LogP contribution in [0.1, 0.15) is 70.0 Å². The van der Waals surface area contributed by atoms with Gasteiger partial charge in [-0.15, -0.1) is 0 Å². The Kier molecular flexibility index (Phi) is 6.11. The van der Waals surface area contributed by atoms with E-state index in [1.165, 1.54) is 0 Å². The lowest BCUT2D eigenvalue weighted by Crippen LogP contribution is -2.32. The summed E-state index contributed by atoms with van der Waals surface area (Å²) in [5.74, 6) is -0.906. The Hall–Kier alpha value is -1.03. The molecule has 0 aromatic heterocycles. The Morgan fingerprint density at radius 2 is 1.24 bits per heavy atom. The van der Waals surface area contributed by atoms with Crippen molar-refractivity contribution in [3.05, 3.63) is 34.9 Å². The number of halogens is 1. The van der Waals surface area contributed by atoms with Gasteiger partial charge in [0.15, 0.2) is 0 Å². The lowest BCUT2D eigenvalue weighted by Gasteiger charge is -2.29. The Morgan fingerprint density at radius 1 is 0.880 bits per heavy atom. The second kappa shape index (κ2) is 6.94. The topological polar surface area (TPSA) is 52.6 Å². The quantitative estimate of drug-likeness (QED) is 0.496. The molecule has 4 nitrogen and oxygen atoms in total. The first kappa shape index (κ1) is 22.0. The van der Waals surface area contributed by atoms with Crippen LogP contribution in [-0.4, -0.2) is 25.4 Å². The molecule has 0 saturated heterocycles. The van der Waals surface area contributed by atoms with E-state index in [0.717, 1.165) is 32.3 Å². The third-order valence-electron chi connectivity index (χ3n) is 4.34. The van der Waals surface area contributed by atoms with Crippen molar-refractivity contribution < 1.29 is 22.8 Å². The van der Waals surface area contributed by atoms with E-state index in [1.807, 2.05) is 47.6 Å². The highest BCUT2D eigenvalue weighted by Gasteiger charge is 2.53. The summed E-state index contributed by atoms with van der Waals surface area (Å²) in [6.45, 7) is 13.1. The number of carbonyl (C=O) groups is 1. The molecule has 0 N–H and O–H groups in total. The number of Topliss-reactive ketones (excluding diaryl/α,β-unsaturated/α-hetero) is 1. The fourth-order valence-electron chi connectivity index (χ4n) is 2.43. The first-order valence-electron chi connectivity index (χ1n) is 8.21. The molecule has 1 atom stereocenters. The number of rotatable bonds is 5. The van der Waals surface area contributed by atoms with E-state index in [4.69, 9.17) is 9.05 Å². The fraction of sp³-hybridized carbons (Fsp3) is 0.632. The van der Waals surface area contributed by atoms with E-state index in [9.17, 15) is 9.36 Å². The molecule has 6 heteroatoms. The van der Waals surface area contributed by atoms with E-state index in [2.05, 4.69) is 0 Å². The summed E-state index contributed by atoms with van der Waals surface area (Å²) < 4.78 is 37.2. The Labute approximate surface area is 150 Å². The first-order chi connectivity index (χ1) is 11.1. The van der Waals surface area contributed by atoms with Crippen molar-refractivity contribution in [3.8, 4) is 0 Å². The number of carbonyl (C=O) groups excluding carboxylic acids is 1. The SMILES string of the molecule is COP(=O)(OC)C(C)(F)C(=O)c1cc(C(C)(C)C)cc(C(C)(C)C)c1. The van der Waals surface area contributed by atoms with Gasteiger partial charge in [-0.05, 0) is 41.0 Å². The van der Waals surface area contributed by atoms with Gasteiger partial charge in [-0.25, -0.2) is 4.39 Å². The van der Waals surface area contributed by atoms with Gasteiger partial charge >= 0.3 is 7.60 Å². The van der Waals surface area contributed by atoms with Gasteiger partial charge in [-0.1, -0.05) is 47.6 Å². The molecule has 0 aliphatic rings. The van der Waals surface area contributed by atoms with Crippen molar-refractivity contribution in [1.82, 2.24) is 0 Å². The molecular weight excluding hydrogens is 342 g/mol. The number of hydrogen-bond donors (Lipinski definition) is 0. The summed E-state index contributed by atoms with van der Waals surface area (Å²) in [4.78, 5) is 12.9. The molecule has 25 heavy (non-hydrogen) atoms. The summed E-state index contributed by atoms with van der Waals surface area (Å²) in [6, 6.07) is 5.34. The molecule has 0 heterocycles. The minimum absolute atomic E-state index is 0.164. The Morgan fingerprint density at radius 3 is 1.52 bits per heavy atom. The molecule has 0 fully saturated rings. The monoisotopic (exact) mass is 372 g/mol. The molecule has 0 bridgehead atoms. The zero-order valence-corrected chi connectivity index (χ0v) is 17.6.